The number of ether oxygens (including phenoxy) is 1. The number of hydrogen-bond acceptors (Lipinski definition) is 4. The van der Waals surface area contributed by atoms with Crippen molar-refractivity contribution in [1.29, 1.82) is 0 Å². The van der Waals surface area contributed by atoms with E-state index in [1.165, 1.54) is 6.07 Å². The number of pyridine rings is 1. The number of amides is 1. The second-order valence-electron chi connectivity index (χ2n) is 10.4. The summed E-state index contributed by atoms with van der Waals surface area (Å²) >= 11 is 0. The second-order valence-corrected chi connectivity index (χ2v) is 10.4. The summed E-state index contributed by atoms with van der Waals surface area (Å²) in [5.74, 6) is -0.811. The van der Waals surface area contributed by atoms with Crippen LogP contribution < -0.4 is 10.2 Å². The Morgan fingerprint density at radius 3 is 2.53 bits per heavy atom. The number of aryl methyl sites for hydroxylation is 2. The summed E-state index contributed by atoms with van der Waals surface area (Å²) in [6.07, 6.45) is 7.65. The van der Waals surface area contributed by atoms with Crippen molar-refractivity contribution in [2.75, 3.05) is 36.5 Å². The monoisotopic (exact) mass is 489 g/mol. The molecule has 5 rings (SSSR count). The van der Waals surface area contributed by atoms with Crippen molar-refractivity contribution in [3.63, 3.8) is 0 Å². The maximum Gasteiger partial charge on any atom is 0.257 e. The van der Waals surface area contributed by atoms with Gasteiger partial charge in [0.05, 0.1) is 35.8 Å². The predicted molar refractivity (Wildman–Crippen MR) is 140 cm³/mol. The minimum Gasteiger partial charge on any atom is -0.378 e. The quantitative estimate of drug-likeness (QED) is 0.417. The summed E-state index contributed by atoms with van der Waals surface area (Å²) in [4.78, 5) is 20.0. The highest BCUT2D eigenvalue weighted by molar-refractivity contribution is 6.04. The highest BCUT2D eigenvalue weighted by Crippen LogP contribution is 2.34. The van der Waals surface area contributed by atoms with Crippen molar-refractivity contribution < 1.29 is 13.9 Å². The number of nitrogens with one attached hydrogen (secondary N) is 1. The van der Waals surface area contributed by atoms with Crippen LogP contribution >= 0.6 is 0 Å². The van der Waals surface area contributed by atoms with Gasteiger partial charge in [-0.1, -0.05) is 0 Å². The van der Waals surface area contributed by atoms with Gasteiger partial charge in [0, 0.05) is 49.0 Å². The van der Waals surface area contributed by atoms with E-state index < -0.39 is 5.82 Å². The van der Waals surface area contributed by atoms with Gasteiger partial charge < -0.3 is 23.9 Å². The van der Waals surface area contributed by atoms with Gasteiger partial charge in [-0.15, -0.1) is 0 Å². The fourth-order valence-electron chi connectivity index (χ4n) is 4.61. The van der Waals surface area contributed by atoms with Crippen molar-refractivity contribution in [2.45, 2.75) is 40.2 Å². The van der Waals surface area contributed by atoms with Crippen LogP contribution in [0.5, 0.6) is 0 Å². The number of carbonyl (C=O) groups excluding carboxylic acids is 1. The van der Waals surface area contributed by atoms with E-state index >= 15 is 0 Å². The minimum absolute atomic E-state index is 0.149. The van der Waals surface area contributed by atoms with E-state index in [-0.39, 0.29) is 17.1 Å². The largest absolute Gasteiger partial charge is 0.378 e. The number of nitrogens with zero attached hydrogens (tertiary/aromatic N) is 4. The number of imidazole rings is 1. The minimum atomic E-state index is -0.465. The molecular weight excluding hydrogens is 457 g/mol. The molecule has 4 aromatic rings. The Morgan fingerprint density at radius 1 is 1.08 bits per heavy atom. The van der Waals surface area contributed by atoms with Crippen molar-refractivity contribution >= 4 is 22.9 Å². The van der Waals surface area contributed by atoms with Gasteiger partial charge in [0.2, 0.25) is 0 Å². The number of anilines is 2. The van der Waals surface area contributed by atoms with Gasteiger partial charge in [0.15, 0.2) is 5.65 Å². The van der Waals surface area contributed by atoms with Gasteiger partial charge in [0.25, 0.3) is 5.91 Å². The van der Waals surface area contributed by atoms with Crippen LogP contribution in [0.15, 0.2) is 49.1 Å². The molecule has 1 fully saturated rings. The number of morpholine rings is 1. The highest BCUT2D eigenvalue weighted by atomic mass is 19.1. The Labute approximate surface area is 210 Å². The first kappa shape index (κ1) is 24.1. The van der Waals surface area contributed by atoms with Crippen molar-refractivity contribution in [1.82, 2.24) is 14.0 Å². The standard InChI is InChI=1S/C28H32FN5O2/c1-18-12-23(29)24(31-27(35)20-6-7-34(17-20)28(3,4)5)14-22(18)21-13-25(32-8-10-36-11-9-32)26-30-19(2)15-33(26)16-21/h6-7,12-17H,8-11H2,1-5H3,(H,31,35). The fourth-order valence-corrected chi connectivity index (χ4v) is 4.61. The SMILES string of the molecule is Cc1cn2cc(-c3cc(NC(=O)c4ccn(C(C)(C)C)c4)c(F)cc3C)cc(N3CCOCC3)c2n1. The molecule has 1 aliphatic heterocycles. The second kappa shape index (κ2) is 9.09. The average molecular weight is 490 g/mol. The molecule has 1 aliphatic rings. The number of fused-ring (bicyclic) bond motifs is 1. The lowest BCUT2D eigenvalue weighted by atomic mass is 10.00. The molecule has 36 heavy (non-hydrogen) atoms. The summed E-state index contributed by atoms with van der Waals surface area (Å²) in [6.45, 7) is 12.9. The van der Waals surface area contributed by atoms with Crippen LogP contribution in [0.3, 0.4) is 0 Å². The maximum atomic E-state index is 15.0. The number of halogens is 1. The first-order chi connectivity index (χ1) is 17.1. The molecule has 7 nitrogen and oxygen atoms in total. The first-order valence-electron chi connectivity index (χ1n) is 12.2. The summed E-state index contributed by atoms with van der Waals surface area (Å²) in [7, 11) is 0. The summed E-state index contributed by atoms with van der Waals surface area (Å²) in [5.41, 5.74) is 5.87. The molecular formula is C28H32FN5O2. The van der Waals surface area contributed by atoms with E-state index in [4.69, 9.17) is 9.72 Å². The van der Waals surface area contributed by atoms with Crippen LogP contribution in [0.4, 0.5) is 15.8 Å². The zero-order chi connectivity index (χ0) is 25.6. The van der Waals surface area contributed by atoms with Crippen LogP contribution in [-0.4, -0.2) is 46.2 Å². The Bertz CT molecular complexity index is 1440. The topological polar surface area (TPSA) is 63.8 Å². The smallest absolute Gasteiger partial charge is 0.257 e. The summed E-state index contributed by atoms with van der Waals surface area (Å²) in [6, 6.07) is 7.04. The van der Waals surface area contributed by atoms with E-state index in [9.17, 15) is 9.18 Å². The number of carbonyl (C=O) groups is 1. The van der Waals surface area contributed by atoms with E-state index in [0.29, 0.717) is 18.8 Å². The molecule has 0 saturated carbocycles. The molecule has 0 atom stereocenters. The van der Waals surface area contributed by atoms with E-state index in [1.54, 1.807) is 18.3 Å². The molecule has 8 heteroatoms. The third-order valence-corrected chi connectivity index (χ3v) is 6.61. The molecule has 188 valence electrons. The third-order valence-electron chi connectivity index (χ3n) is 6.61. The van der Waals surface area contributed by atoms with Gasteiger partial charge in [-0.2, -0.15) is 0 Å². The molecule has 1 saturated heterocycles. The number of benzene rings is 1. The van der Waals surface area contributed by atoms with Crippen molar-refractivity contribution in [3.8, 4) is 11.1 Å². The Balaban J connectivity index is 1.53. The van der Waals surface area contributed by atoms with Gasteiger partial charge in [-0.3, -0.25) is 4.79 Å². The zero-order valence-electron chi connectivity index (χ0n) is 21.4. The molecule has 1 N–H and O–H groups in total. The van der Waals surface area contributed by atoms with E-state index in [1.807, 2.05) is 41.4 Å². The van der Waals surface area contributed by atoms with Crippen LogP contribution in [0.1, 0.15) is 42.4 Å². The van der Waals surface area contributed by atoms with Crippen LogP contribution in [0, 0.1) is 19.7 Å². The normalized spacial score (nSPS) is 14.4. The molecule has 0 radical (unpaired) electrons. The lowest BCUT2D eigenvalue weighted by molar-refractivity contribution is 0.102. The molecule has 0 bridgehead atoms. The number of rotatable bonds is 4. The molecule has 3 aromatic heterocycles. The van der Waals surface area contributed by atoms with Crippen LogP contribution in [-0.2, 0) is 10.3 Å². The van der Waals surface area contributed by atoms with Crippen molar-refractivity contribution in [2.24, 2.45) is 0 Å². The van der Waals surface area contributed by atoms with Gasteiger partial charge in [0.1, 0.15) is 5.82 Å². The lowest BCUT2D eigenvalue weighted by Gasteiger charge is -2.29. The van der Waals surface area contributed by atoms with Crippen LogP contribution in [0.2, 0.25) is 0 Å². The zero-order valence-corrected chi connectivity index (χ0v) is 21.4. The average Bonchev–Trinajstić information content (AvgIpc) is 3.47. The fraction of sp³-hybridized carbons (Fsp3) is 0.357. The maximum absolute atomic E-state index is 15.0. The van der Waals surface area contributed by atoms with E-state index in [2.05, 4.69) is 37.1 Å². The highest BCUT2D eigenvalue weighted by Gasteiger charge is 2.20. The van der Waals surface area contributed by atoms with Gasteiger partial charge >= 0.3 is 0 Å². The lowest BCUT2D eigenvalue weighted by Crippen LogP contribution is -2.36. The number of hydrogen-bond donors (Lipinski definition) is 1. The molecule has 4 heterocycles. The van der Waals surface area contributed by atoms with Gasteiger partial charge in [-0.05, 0) is 70.0 Å². The molecule has 0 unspecified atom stereocenters. The molecule has 0 spiro atoms. The van der Waals surface area contributed by atoms with E-state index in [0.717, 1.165) is 46.8 Å². The van der Waals surface area contributed by atoms with Crippen LogP contribution in [0.25, 0.3) is 16.8 Å². The van der Waals surface area contributed by atoms with Crippen molar-refractivity contribution in [3.05, 3.63) is 71.7 Å². The third kappa shape index (κ3) is 4.60. The predicted octanol–water partition coefficient (Wildman–Crippen LogP) is 5.40. The summed E-state index contributed by atoms with van der Waals surface area (Å²) in [5, 5.41) is 2.77. The molecule has 0 aliphatic carbocycles. The van der Waals surface area contributed by atoms with Gasteiger partial charge in [-0.25, -0.2) is 9.37 Å². The molecule has 1 amide bonds. The Morgan fingerprint density at radius 2 is 1.83 bits per heavy atom. The Kier molecular flexibility index (Phi) is 6.08. The summed E-state index contributed by atoms with van der Waals surface area (Å²) < 4.78 is 24.5. The number of aromatic nitrogens is 3. The first-order valence-corrected chi connectivity index (χ1v) is 12.2. The Hall–Kier alpha value is -3.65. The molecule has 1 aromatic carbocycles.